The van der Waals surface area contributed by atoms with Gasteiger partial charge in [-0.05, 0) is 31.9 Å². The predicted octanol–water partition coefficient (Wildman–Crippen LogP) is 4.93. The van der Waals surface area contributed by atoms with E-state index in [-0.39, 0.29) is 44.3 Å². The Kier molecular flexibility index (Phi) is 7.62. The van der Waals surface area contributed by atoms with E-state index < -0.39 is 5.92 Å². The molecule has 3 aromatic rings. The first-order valence-corrected chi connectivity index (χ1v) is 13.4. The Morgan fingerprint density at radius 1 is 1.28 bits per heavy atom. The number of alkyl halides is 2. The first kappa shape index (κ1) is 26.8. The van der Waals surface area contributed by atoms with E-state index in [1.165, 1.54) is 5.57 Å². The number of H-pyrrole nitrogens is 1. The zero-order valence-electron chi connectivity index (χ0n) is 22.2. The van der Waals surface area contributed by atoms with E-state index in [0.29, 0.717) is 11.4 Å². The molecule has 0 radical (unpaired) electrons. The number of amides is 1. The molecule has 1 amide bonds. The fraction of sp³-hybridized carbons (Fsp3) is 0.448. The molecule has 5 rings (SSSR count). The highest BCUT2D eigenvalue weighted by Gasteiger charge is 2.36. The van der Waals surface area contributed by atoms with Gasteiger partial charge in [0.15, 0.2) is 0 Å². The van der Waals surface area contributed by atoms with Crippen LogP contribution in [0.4, 0.5) is 8.78 Å². The number of rotatable bonds is 7. The lowest BCUT2D eigenvalue weighted by Gasteiger charge is -2.34. The molecule has 5 heterocycles. The van der Waals surface area contributed by atoms with E-state index in [9.17, 15) is 13.6 Å². The van der Waals surface area contributed by atoms with Crippen molar-refractivity contribution in [1.82, 2.24) is 29.3 Å². The number of piperidine rings is 2. The molecule has 2 fully saturated rings. The molecule has 8 nitrogen and oxygen atoms in total. The van der Waals surface area contributed by atoms with Crippen molar-refractivity contribution >= 4 is 28.0 Å². The Balaban J connectivity index is 1.35. The van der Waals surface area contributed by atoms with E-state index in [2.05, 4.69) is 32.9 Å². The van der Waals surface area contributed by atoms with Crippen LogP contribution in [0.3, 0.4) is 0 Å². The summed E-state index contributed by atoms with van der Waals surface area (Å²) in [6.07, 6.45) is 10.4. The summed E-state index contributed by atoms with van der Waals surface area (Å²) in [5.41, 5.74) is 4.09. The van der Waals surface area contributed by atoms with Crippen LogP contribution < -0.4 is 0 Å². The van der Waals surface area contributed by atoms with Gasteiger partial charge in [0.05, 0.1) is 24.2 Å². The number of nitriles is 1. The molecule has 39 heavy (non-hydrogen) atoms. The maximum atomic E-state index is 13.7. The third-order valence-corrected chi connectivity index (χ3v) is 7.68. The maximum Gasteiger partial charge on any atom is 0.251 e. The third kappa shape index (κ3) is 5.93. The number of carbonyl (C=O) groups is 1. The normalized spacial score (nSPS) is 19.2. The zero-order valence-corrected chi connectivity index (χ0v) is 22.2. The largest absolute Gasteiger partial charge is 0.346 e. The van der Waals surface area contributed by atoms with Gasteiger partial charge in [0.25, 0.3) is 5.92 Å². The van der Waals surface area contributed by atoms with Gasteiger partial charge in [-0.15, -0.1) is 0 Å². The van der Waals surface area contributed by atoms with Crippen molar-refractivity contribution in [1.29, 1.82) is 5.26 Å². The summed E-state index contributed by atoms with van der Waals surface area (Å²) in [5, 5.41) is 9.80. The summed E-state index contributed by atoms with van der Waals surface area (Å²) in [6.45, 7) is 8.48. The van der Waals surface area contributed by atoms with E-state index in [1.54, 1.807) is 17.2 Å². The summed E-state index contributed by atoms with van der Waals surface area (Å²) in [6, 6.07) is 4.15. The lowest BCUT2D eigenvalue weighted by atomic mass is 10.0. The Labute approximate surface area is 226 Å². The second-order valence-corrected chi connectivity index (χ2v) is 10.6. The molecule has 0 spiro atoms. The molecular weight excluding hydrogens is 500 g/mol. The molecule has 1 N–H and O–H groups in total. The van der Waals surface area contributed by atoms with Gasteiger partial charge in [-0.2, -0.15) is 5.26 Å². The number of allylic oxidation sites excluding steroid dienone is 4. The van der Waals surface area contributed by atoms with Crippen LogP contribution in [0.15, 0.2) is 54.4 Å². The number of hydrogen-bond acceptors (Lipinski definition) is 5. The van der Waals surface area contributed by atoms with E-state index in [0.717, 1.165) is 54.5 Å². The van der Waals surface area contributed by atoms with Crippen molar-refractivity contribution in [3.05, 3.63) is 60.2 Å². The topological polar surface area (TPSA) is 93.8 Å². The van der Waals surface area contributed by atoms with Gasteiger partial charge in [0, 0.05) is 68.8 Å². The number of nitrogens with zero attached hydrogens (tertiary/aromatic N) is 6. The molecule has 0 aliphatic carbocycles. The standard InChI is InChI=1S/C29H33F2N7O/c1-20(17-32)4-3-5-21(2)19-36-12-7-22(8-13-36)38-25(16-26(39)37-14-9-29(30,31)10-15-37)35-24-18-34-28-23(27(24)38)6-11-33-28/h3-6,11,18,22H,1,7-10,12-16,19H2,2H3,(H,33,34)/b4-3-,21-5+. The SMILES string of the molecule is C=C(C#N)/C=C\C=C(/C)CN1CCC(n2c(CC(=O)N3CCC(F)(F)CC3)nc3cnc4[nH]ccc4c32)CC1. The number of fused-ring (bicyclic) bond motifs is 3. The molecule has 2 aliphatic heterocycles. The molecular formula is C29H33F2N7O. The van der Waals surface area contributed by atoms with Crippen LogP contribution in [-0.2, 0) is 11.2 Å². The lowest BCUT2D eigenvalue weighted by Crippen LogP contribution is -2.43. The summed E-state index contributed by atoms with van der Waals surface area (Å²) in [5.74, 6) is -2.19. The van der Waals surface area contributed by atoms with Crippen LogP contribution in [0.1, 0.15) is 44.5 Å². The van der Waals surface area contributed by atoms with Crippen LogP contribution in [0, 0.1) is 11.3 Å². The van der Waals surface area contributed by atoms with Crippen molar-refractivity contribution in [3.63, 3.8) is 0 Å². The highest BCUT2D eigenvalue weighted by Crippen LogP contribution is 2.33. The Morgan fingerprint density at radius 2 is 2.03 bits per heavy atom. The average molecular weight is 534 g/mol. The number of hydrogen-bond donors (Lipinski definition) is 1. The quantitative estimate of drug-likeness (QED) is 0.343. The second kappa shape index (κ2) is 11.1. The van der Waals surface area contributed by atoms with Crippen LogP contribution in [-0.4, -0.2) is 73.9 Å². The van der Waals surface area contributed by atoms with Crippen molar-refractivity contribution in [3.8, 4) is 6.07 Å². The molecule has 0 aromatic carbocycles. The number of pyridine rings is 1. The molecule has 10 heteroatoms. The molecule has 3 aromatic heterocycles. The number of aromatic amines is 1. The number of halogens is 2. The number of likely N-dealkylation sites (tertiary alicyclic amines) is 2. The fourth-order valence-electron chi connectivity index (χ4n) is 5.60. The Hall–Kier alpha value is -3.84. The molecule has 2 aliphatic rings. The van der Waals surface area contributed by atoms with E-state index >= 15 is 0 Å². The predicted molar refractivity (Wildman–Crippen MR) is 146 cm³/mol. The monoisotopic (exact) mass is 533 g/mol. The third-order valence-electron chi connectivity index (χ3n) is 7.68. The molecule has 0 atom stereocenters. The van der Waals surface area contributed by atoms with Gasteiger partial charge >= 0.3 is 0 Å². The zero-order chi connectivity index (χ0) is 27.6. The molecule has 0 bridgehead atoms. The second-order valence-electron chi connectivity index (χ2n) is 10.6. The van der Waals surface area contributed by atoms with E-state index in [4.69, 9.17) is 10.2 Å². The van der Waals surface area contributed by atoms with Gasteiger partial charge in [-0.3, -0.25) is 9.69 Å². The number of nitrogens with one attached hydrogen (secondary N) is 1. The highest BCUT2D eigenvalue weighted by atomic mass is 19.3. The van der Waals surface area contributed by atoms with E-state index in [1.807, 2.05) is 30.5 Å². The summed E-state index contributed by atoms with van der Waals surface area (Å²) < 4.78 is 29.5. The summed E-state index contributed by atoms with van der Waals surface area (Å²) in [4.78, 5) is 29.6. The smallest absolute Gasteiger partial charge is 0.251 e. The Morgan fingerprint density at radius 3 is 2.74 bits per heavy atom. The molecule has 2 saturated heterocycles. The van der Waals surface area contributed by atoms with Crippen molar-refractivity contribution in [2.75, 3.05) is 32.7 Å². The molecule has 204 valence electrons. The van der Waals surface area contributed by atoms with Crippen molar-refractivity contribution in [2.45, 2.75) is 51.0 Å². The number of imidazole rings is 1. The van der Waals surface area contributed by atoms with Crippen LogP contribution >= 0.6 is 0 Å². The first-order valence-electron chi connectivity index (χ1n) is 13.4. The van der Waals surface area contributed by atoms with Gasteiger partial charge in [0.2, 0.25) is 5.91 Å². The minimum atomic E-state index is -2.70. The van der Waals surface area contributed by atoms with Gasteiger partial charge < -0.3 is 14.5 Å². The van der Waals surface area contributed by atoms with Crippen LogP contribution in [0.2, 0.25) is 0 Å². The summed E-state index contributed by atoms with van der Waals surface area (Å²) >= 11 is 0. The average Bonchev–Trinajstić information content (AvgIpc) is 3.53. The maximum absolute atomic E-state index is 13.7. The van der Waals surface area contributed by atoms with Crippen LogP contribution in [0.25, 0.3) is 22.1 Å². The first-order chi connectivity index (χ1) is 18.7. The minimum Gasteiger partial charge on any atom is -0.346 e. The van der Waals surface area contributed by atoms with Gasteiger partial charge in [-0.1, -0.05) is 24.3 Å². The van der Waals surface area contributed by atoms with Gasteiger partial charge in [0.1, 0.15) is 17.0 Å². The van der Waals surface area contributed by atoms with Crippen molar-refractivity contribution in [2.24, 2.45) is 0 Å². The summed E-state index contributed by atoms with van der Waals surface area (Å²) in [7, 11) is 0. The fourth-order valence-corrected chi connectivity index (χ4v) is 5.60. The number of aromatic nitrogens is 4. The minimum absolute atomic E-state index is 0.0702. The lowest BCUT2D eigenvalue weighted by molar-refractivity contribution is -0.136. The number of carbonyl (C=O) groups excluding carboxylic acids is 1. The highest BCUT2D eigenvalue weighted by molar-refractivity contribution is 6.01. The van der Waals surface area contributed by atoms with Crippen molar-refractivity contribution < 1.29 is 13.6 Å². The Bertz CT molecular complexity index is 1470. The van der Waals surface area contributed by atoms with Gasteiger partial charge in [-0.25, -0.2) is 18.7 Å². The molecule has 0 unspecified atom stereocenters. The molecule has 0 saturated carbocycles. The van der Waals surface area contributed by atoms with Crippen LogP contribution in [0.5, 0.6) is 0 Å².